The lowest BCUT2D eigenvalue weighted by molar-refractivity contribution is -0.0925. The minimum absolute atomic E-state index is 0.0562. The van der Waals surface area contributed by atoms with Gasteiger partial charge in [-0.2, -0.15) is 0 Å². The van der Waals surface area contributed by atoms with Crippen molar-refractivity contribution in [3.05, 3.63) is 16.1 Å². The predicted molar refractivity (Wildman–Crippen MR) is 80.5 cm³/mol. The average Bonchev–Trinajstić information content (AvgIpc) is 2.75. The van der Waals surface area contributed by atoms with E-state index >= 15 is 0 Å². The molecule has 0 aromatic carbocycles. The molecule has 0 spiro atoms. The molecule has 0 radical (unpaired) electrons. The van der Waals surface area contributed by atoms with E-state index in [4.69, 9.17) is 10.5 Å². The summed E-state index contributed by atoms with van der Waals surface area (Å²) in [7, 11) is 0. The Morgan fingerprint density at radius 2 is 2.42 bits per heavy atom. The molecule has 1 fully saturated rings. The molecule has 1 saturated carbocycles. The van der Waals surface area contributed by atoms with E-state index in [-0.39, 0.29) is 11.6 Å². The maximum atomic E-state index is 6.51. The Kier molecular flexibility index (Phi) is 4.98. The molecule has 1 aliphatic carbocycles. The van der Waals surface area contributed by atoms with E-state index in [2.05, 4.69) is 24.2 Å². The van der Waals surface area contributed by atoms with E-state index in [1.807, 2.05) is 6.92 Å². The first-order chi connectivity index (χ1) is 9.05. The quantitative estimate of drug-likeness (QED) is 0.901. The molecule has 4 heteroatoms. The summed E-state index contributed by atoms with van der Waals surface area (Å²) in [6, 6.07) is 0.0562. The topological polar surface area (TPSA) is 48.1 Å². The van der Waals surface area contributed by atoms with Crippen LogP contribution in [0.5, 0.6) is 0 Å². The third kappa shape index (κ3) is 3.56. The van der Waals surface area contributed by atoms with Crippen molar-refractivity contribution in [3.8, 4) is 0 Å². The highest BCUT2D eigenvalue weighted by Gasteiger charge is 2.41. The van der Waals surface area contributed by atoms with Gasteiger partial charge in [-0.25, -0.2) is 4.98 Å². The number of aromatic nitrogens is 1. The Morgan fingerprint density at radius 3 is 3.00 bits per heavy atom. The predicted octanol–water partition coefficient (Wildman–Crippen LogP) is 3.31. The van der Waals surface area contributed by atoms with Crippen molar-refractivity contribution in [2.45, 2.75) is 64.5 Å². The van der Waals surface area contributed by atoms with E-state index in [0.29, 0.717) is 5.92 Å². The molecule has 1 aromatic heterocycles. The summed E-state index contributed by atoms with van der Waals surface area (Å²) in [5, 5.41) is 3.24. The number of aryl methyl sites for hydroxylation is 1. The zero-order chi connectivity index (χ0) is 13.9. The zero-order valence-electron chi connectivity index (χ0n) is 12.3. The summed E-state index contributed by atoms with van der Waals surface area (Å²) in [6.07, 6.45) is 5.55. The molecule has 1 aliphatic rings. The van der Waals surface area contributed by atoms with E-state index < -0.39 is 0 Å². The SMILES string of the molecule is CCOC1(C(N)Cc2nc(C)cs2)CCCC(C)C1. The summed E-state index contributed by atoms with van der Waals surface area (Å²) < 4.78 is 6.13. The molecule has 1 aromatic rings. The van der Waals surface area contributed by atoms with Crippen LogP contribution in [0.15, 0.2) is 5.38 Å². The summed E-state index contributed by atoms with van der Waals surface area (Å²) >= 11 is 1.71. The second-order valence-electron chi connectivity index (χ2n) is 5.89. The van der Waals surface area contributed by atoms with E-state index in [9.17, 15) is 0 Å². The number of nitrogens with zero attached hydrogens (tertiary/aromatic N) is 1. The highest BCUT2D eigenvalue weighted by molar-refractivity contribution is 7.09. The summed E-state index contributed by atoms with van der Waals surface area (Å²) in [4.78, 5) is 4.54. The fourth-order valence-corrected chi connectivity index (χ4v) is 4.11. The second kappa shape index (κ2) is 6.33. The number of rotatable bonds is 5. The molecule has 108 valence electrons. The molecule has 0 amide bonds. The van der Waals surface area contributed by atoms with Crippen molar-refractivity contribution in [3.63, 3.8) is 0 Å². The second-order valence-corrected chi connectivity index (χ2v) is 6.84. The molecule has 0 saturated heterocycles. The maximum Gasteiger partial charge on any atom is 0.0944 e. The molecule has 3 atom stereocenters. The van der Waals surface area contributed by atoms with E-state index in [0.717, 1.165) is 36.6 Å². The zero-order valence-corrected chi connectivity index (χ0v) is 13.1. The van der Waals surface area contributed by atoms with Gasteiger partial charge in [0.2, 0.25) is 0 Å². The van der Waals surface area contributed by atoms with Gasteiger partial charge in [-0.15, -0.1) is 11.3 Å². The highest BCUT2D eigenvalue weighted by atomic mass is 32.1. The first-order valence-corrected chi connectivity index (χ1v) is 8.24. The lowest BCUT2D eigenvalue weighted by atomic mass is 9.74. The molecular weight excluding hydrogens is 256 g/mol. The van der Waals surface area contributed by atoms with Crippen molar-refractivity contribution >= 4 is 11.3 Å². The molecule has 2 N–H and O–H groups in total. The summed E-state index contributed by atoms with van der Waals surface area (Å²) in [5.74, 6) is 0.712. The summed E-state index contributed by atoms with van der Waals surface area (Å²) in [5.41, 5.74) is 7.47. The standard InChI is InChI=1S/C15H26N2OS/c1-4-18-15(7-5-6-11(2)9-15)13(16)8-14-17-12(3)10-19-14/h10-11,13H,4-9,16H2,1-3H3. The third-order valence-corrected chi connectivity index (χ3v) is 5.15. The molecule has 19 heavy (non-hydrogen) atoms. The van der Waals surface area contributed by atoms with E-state index in [1.54, 1.807) is 11.3 Å². The maximum absolute atomic E-state index is 6.51. The van der Waals surface area contributed by atoms with Crippen molar-refractivity contribution in [2.24, 2.45) is 11.7 Å². The van der Waals surface area contributed by atoms with Crippen molar-refractivity contribution in [2.75, 3.05) is 6.61 Å². The molecule has 1 heterocycles. The van der Waals surface area contributed by atoms with Crippen LogP contribution in [0, 0.1) is 12.8 Å². The van der Waals surface area contributed by atoms with Crippen LogP contribution in [-0.4, -0.2) is 23.2 Å². The fourth-order valence-electron chi connectivity index (χ4n) is 3.28. The summed E-state index contributed by atoms with van der Waals surface area (Å²) in [6.45, 7) is 7.16. The van der Waals surface area contributed by atoms with Crippen LogP contribution in [0.3, 0.4) is 0 Å². The third-order valence-electron chi connectivity index (χ3n) is 4.16. The Morgan fingerprint density at radius 1 is 1.63 bits per heavy atom. The van der Waals surface area contributed by atoms with Crippen LogP contribution in [-0.2, 0) is 11.2 Å². The molecule has 2 rings (SSSR count). The van der Waals surface area contributed by atoms with Gasteiger partial charge in [-0.1, -0.05) is 19.8 Å². The average molecular weight is 282 g/mol. The normalized spacial score (nSPS) is 29.4. The monoisotopic (exact) mass is 282 g/mol. The smallest absolute Gasteiger partial charge is 0.0944 e. The number of ether oxygens (including phenoxy) is 1. The van der Waals surface area contributed by atoms with Crippen LogP contribution in [0.4, 0.5) is 0 Å². The van der Waals surface area contributed by atoms with Crippen molar-refractivity contribution in [1.82, 2.24) is 4.98 Å². The first-order valence-electron chi connectivity index (χ1n) is 7.36. The molecular formula is C15H26N2OS. The minimum Gasteiger partial charge on any atom is -0.374 e. The minimum atomic E-state index is -0.133. The van der Waals surface area contributed by atoms with Crippen LogP contribution in [0.1, 0.15) is 50.2 Å². The lowest BCUT2D eigenvalue weighted by Crippen LogP contribution is -2.53. The molecule has 0 aliphatic heterocycles. The van der Waals surface area contributed by atoms with Gasteiger partial charge >= 0.3 is 0 Å². The van der Waals surface area contributed by atoms with Gasteiger partial charge in [0, 0.05) is 30.1 Å². The fraction of sp³-hybridized carbons (Fsp3) is 0.800. The Hall–Kier alpha value is -0.450. The number of thiazole rings is 1. The Balaban J connectivity index is 2.09. The number of hydrogen-bond donors (Lipinski definition) is 1. The van der Waals surface area contributed by atoms with Gasteiger partial charge in [-0.05, 0) is 32.6 Å². The van der Waals surface area contributed by atoms with Crippen LogP contribution >= 0.6 is 11.3 Å². The highest BCUT2D eigenvalue weighted by Crippen LogP contribution is 2.38. The van der Waals surface area contributed by atoms with Crippen molar-refractivity contribution in [1.29, 1.82) is 0 Å². The van der Waals surface area contributed by atoms with Crippen LogP contribution < -0.4 is 5.73 Å². The molecule has 0 bridgehead atoms. The first kappa shape index (κ1) is 14.9. The van der Waals surface area contributed by atoms with Crippen molar-refractivity contribution < 1.29 is 4.74 Å². The van der Waals surface area contributed by atoms with Gasteiger partial charge in [0.25, 0.3) is 0 Å². The molecule has 3 nitrogen and oxygen atoms in total. The Bertz CT molecular complexity index is 403. The van der Waals surface area contributed by atoms with Gasteiger partial charge in [0.1, 0.15) is 0 Å². The van der Waals surface area contributed by atoms with Gasteiger partial charge in [-0.3, -0.25) is 0 Å². The van der Waals surface area contributed by atoms with Gasteiger partial charge in [0.15, 0.2) is 0 Å². The Labute approximate surface area is 120 Å². The van der Waals surface area contributed by atoms with Gasteiger partial charge in [0.05, 0.1) is 10.6 Å². The van der Waals surface area contributed by atoms with E-state index in [1.165, 1.54) is 12.8 Å². The van der Waals surface area contributed by atoms with Crippen LogP contribution in [0.2, 0.25) is 0 Å². The lowest BCUT2D eigenvalue weighted by Gasteiger charge is -2.43. The largest absolute Gasteiger partial charge is 0.374 e. The number of hydrogen-bond acceptors (Lipinski definition) is 4. The van der Waals surface area contributed by atoms with Crippen LogP contribution in [0.25, 0.3) is 0 Å². The van der Waals surface area contributed by atoms with Gasteiger partial charge < -0.3 is 10.5 Å². The number of nitrogens with two attached hydrogens (primary N) is 1. The molecule has 3 unspecified atom stereocenters.